The summed E-state index contributed by atoms with van der Waals surface area (Å²) in [5.74, 6) is -2.01. The molecular weight excluding hydrogens is 607 g/mol. The van der Waals surface area contributed by atoms with Gasteiger partial charge in [-0.1, -0.05) is 32.9 Å². The minimum absolute atomic E-state index is 0.0491. The quantitative estimate of drug-likeness (QED) is 0.257. The zero-order chi connectivity index (χ0) is 32.6. The Bertz CT molecular complexity index is 1420. The summed E-state index contributed by atoms with van der Waals surface area (Å²) in [6.45, 7) is 10.6. The molecule has 11 rings (SSSR count). The number of ether oxygens (including phenoxy) is 4. The van der Waals surface area contributed by atoms with E-state index in [-0.39, 0.29) is 41.4 Å². The fourth-order valence-corrected chi connectivity index (χ4v) is 11.7. The average Bonchev–Trinajstić information content (AvgIpc) is 3.41. The van der Waals surface area contributed by atoms with E-state index in [0.29, 0.717) is 37.5 Å². The summed E-state index contributed by atoms with van der Waals surface area (Å²) in [7, 11) is 0. The van der Waals surface area contributed by atoms with Gasteiger partial charge in [0, 0.05) is 37.0 Å². The maximum atomic E-state index is 14.3. The third-order valence-electron chi connectivity index (χ3n) is 14.3. The van der Waals surface area contributed by atoms with Gasteiger partial charge in [-0.2, -0.15) is 0 Å². The van der Waals surface area contributed by atoms with Crippen molar-refractivity contribution in [3.05, 3.63) is 35.6 Å². The van der Waals surface area contributed by atoms with Gasteiger partial charge in [-0.3, -0.25) is 4.79 Å². The molecule has 15 atom stereocenters. The van der Waals surface area contributed by atoms with Crippen LogP contribution in [-0.4, -0.2) is 46.9 Å². The van der Waals surface area contributed by atoms with Gasteiger partial charge in [0.05, 0.1) is 11.5 Å². The standard InChI is InChI=1S/C37H49FO9/c1-20-6-12-28-22(3)35(18-23-8-10-24(38)11-9-23,43-32-36(28)26(20)14-17-34(5,42-32)45-46-36)19-25-29-13-7-21(2)27-15-16-33(4)41-31(40-30(25)39)37(27,29)47-44-33/h8-11,20-22,25-29,31-32H,6-7,12-19H2,1-5H3/t20-,21-,22-,25+,26+,27+,28+,29+,31+,32-,33-,34-,35+,36-,37-/m1/s1. The summed E-state index contributed by atoms with van der Waals surface area (Å²) in [6, 6.07) is 6.65. The molecule has 2 aliphatic carbocycles. The van der Waals surface area contributed by atoms with Gasteiger partial charge in [0.1, 0.15) is 5.82 Å². The molecule has 9 nitrogen and oxygen atoms in total. The fraction of sp³-hybridized carbons (Fsp3) is 0.811. The Morgan fingerprint density at radius 3 is 1.91 bits per heavy atom. The number of esters is 1. The first-order valence-corrected chi connectivity index (χ1v) is 18.1. The summed E-state index contributed by atoms with van der Waals surface area (Å²) in [5, 5.41) is 0. The van der Waals surface area contributed by atoms with Crippen LogP contribution < -0.4 is 0 Å². The van der Waals surface area contributed by atoms with E-state index in [1.54, 1.807) is 0 Å². The molecule has 10 aliphatic rings. The zero-order valence-corrected chi connectivity index (χ0v) is 28.2. The molecule has 0 unspecified atom stereocenters. The van der Waals surface area contributed by atoms with Crippen molar-refractivity contribution in [2.45, 2.75) is 140 Å². The van der Waals surface area contributed by atoms with Gasteiger partial charge in [0.25, 0.3) is 0 Å². The van der Waals surface area contributed by atoms with E-state index in [2.05, 4.69) is 20.8 Å². The number of fused-ring (bicyclic) bond motifs is 4. The van der Waals surface area contributed by atoms with Gasteiger partial charge >= 0.3 is 5.97 Å². The van der Waals surface area contributed by atoms with Crippen LogP contribution in [0.15, 0.2) is 24.3 Å². The third kappa shape index (κ3) is 4.34. The van der Waals surface area contributed by atoms with E-state index < -0.39 is 46.9 Å². The molecule has 8 heterocycles. The smallest absolute Gasteiger partial charge is 0.311 e. The Morgan fingerprint density at radius 2 is 1.28 bits per heavy atom. The van der Waals surface area contributed by atoms with Gasteiger partial charge in [-0.25, -0.2) is 23.9 Å². The molecule has 10 heteroatoms. The van der Waals surface area contributed by atoms with Crippen LogP contribution in [0.5, 0.6) is 0 Å². The monoisotopic (exact) mass is 656 g/mol. The highest BCUT2D eigenvalue weighted by molar-refractivity contribution is 5.74. The molecule has 0 radical (unpaired) electrons. The average molecular weight is 657 g/mol. The molecule has 1 aromatic carbocycles. The summed E-state index contributed by atoms with van der Waals surface area (Å²) >= 11 is 0. The highest BCUT2D eigenvalue weighted by atomic mass is 19.1. The highest BCUT2D eigenvalue weighted by Gasteiger charge is 2.74. The van der Waals surface area contributed by atoms with Gasteiger partial charge in [0.15, 0.2) is 17.5 Å². The lowest BCUT2D eigenvalue weighted by atomic mass is 9.52. The number of hydrogen-bond donors (Lipinski definition) is 0. The van der Waals surface area contributed by atoms with E-state index in [9.17, 15) is 9.18 Å². The number of halogens is 1. The first-order valence-electron chi connectivity index (χ1n) is 18.1. The predicted molar refractivity (Wildman–Crippen MR) is 163 cm³/mol. The molecule has 1 aromatic rings. The Balaban J connectivity index is 1.15. The van der Waals surface area contributed by atoms with Crippen molar-refractivity contribution >= 4 is 5.97 Å². The number of hydrogen-bond acceptors (Lipinski definition) is 9. The van der Waals surface area contributed by atoms with Crippen LogP contribution in [0.1, 0.15) is 98.0 Å². The van der Waals surface area contributed by atoms with Crippen LogP contribution in [0, 0.1) is 53.2 Å². The van der Waals surface area contributed by atoms with E-state index in [0.717, 1.165) is 44.1 Å². The molecule has 4 bridgehead atoms. The second kappa shape index (κ2) is 10.4. The topological polar surface area (TPSA) is 90.9 Å². The molecule has 8 aliphatic heterocycles. The van der Waals surface area contributed by atoms with Crippen molar-refractivity contribution in [1.82, 2.24) is 0 Å². The maximum Gasteiger partial charge on any atom is 0.311 e. The van der Waals surface area contributed by atoms with Crippen LogP contribution in [0.2, 0.25) is 0 Å². The zero-order valence-electron chi connectivity index (χ0n) is 28.2. The van der Waals surface area contributed by atoms with Crippen molar-refractivity contribution in [2.75, 3.05) is 0 Å². The van der Waals surface area contributed by atoms with Gasteiger partial charge in [0.2, 0.25) is 17.9 Å². The highest BCUT2D eigenvalue weighted by Crippen LogP contribution is 2.65. The van der Waals surface area contributed by atoms with E-state index in [1.807, 2.05) is 26.0 Å². The lowest BCUT2D eigenvalue weighted by molar-refractivity contribution is -0.577. The maximum absolute atomic E-state index is 14.3. The summed E-state index contributed by atoms with van der Waals surface area (Å²) in [6.07, 6.45) is 6.35. The summed E-state index contributed by atoms with van der Waals surface area (Å²) < 4.78 is 41.1. The first kappa shape index (κ1) is 31.3. The molecule has 258 valence electrons. The van der Waals surface area contributed by atoms with E-state index in [4.69, 9.17) is 38.5 Å². The van der Waals surface area contributed by atoms with Crippen LogP contribution in [0.25, 0.3) is 0 Å². The minimum atomic E-state index is -0.952. The SMILES string of the molecule is C[C@@H]1CC[C@H]2[C@H](C[C@]3(Cc4ccc(F)cc4)O[C@H]4O[C@@]5(C)CC[C@H]6[C@H](C)CC[C@@H]([C@H]3C)[C@@]46OO5)C(=O)O[C@H]3O[C@@]4(C)CC[C@@H]1[C@]32OO4. The van der Waals surface area contributed by atoms with Crippen LogP contribution in [0.4, 0.5) is 4.39 Å². The van der Waals surface area contributed by atoms with Crippen LogP contribution in [-0.2, 0) is 49.7 Å². The molecule has 0 N–H and O–H groups in total. The van der Waals surface area contributed by atoms with Crippen molar-refractivity contribution in [1.29, 1.82) is 0 Å². The Labute approximate surface area is 276 Å². The first-order chi connectivity index (χ1) is 22.4. The second-order valence-electron chi connectivity index (χ2n) is 16.8. The Morgan fingerprint density at radius 1 is 0.702 bits per heavy atom. The lowest BCUT2D eigenvalue weighted by Crippen LogP contribution is -2.74. The molecule has 8 saturated heterocycles. The summed E-state index contributed by atoms with van der Waals surface area (Å²) in [5.41, 5.74) is -1.55. The molecule has 10 fully saturated rings. The van der Waals surface area contributed by atoms with Gasteiger partial charge in [-0.15, -0.1) is 0 Å². The third-order valence-corrected chi connectivity index (χ3v) is 14.3. The predicted octanol–water partition coefficient (Wildman–Crippen LogP) is 6.77. The van der Waals surface area contributed by atoms with Crippen LogP contribution >= 0.6 is 0 Å². The van der Waals surface area contributed by atoms with E-state index in [1.165, 1.54) is 12.1 Å². The van der Waals surface area contributed by atoms with E-state index >= 15 is 0 Å². The summed E-state index contributed by atoms with van der Waals surface area (Å²) in [4.78, 5) is 39.4. The van der Waals surface area contributed by atoms with Crippen LogP contribution in [0.3, 0.4) is 0 Å². The van der Waals surface area contributed by atoms with Crippen molar-refractivity contribution in [3.63, 3.8) is 0 Å². The largest absolute Gasteiger partial charge is 0.432 e. The Hall–Kier alpha value is -1.66. The number of carbonyl (C=O) groups is 1. The van der Waals surface area contributed by atoms with Gasteiger partial charge < -0.3 is 18.9 Å². The number of carbonyl (C=O) groups excluding carboxylic acids is 1. The molecule has 2 saturated carbocycles. The van der Waals surface area contributed by atoms with Crippen molar-refractivity contribution in [3.8, 4) is 0 Å². The second-order valence-corrected chi connectivity index (χ2v) is 16.8. The Kier molecular flexibility index (Phi) is 6.96. The van der Waals surface area contributed by atoms with Crippen molar-refractivity contribution in [2.24, 2.45) is 47.3 Å². The lowest BCUT2D eigenvalue weighted by Gasteiger charge is -2.65. The molecule has 0 aromatic heterocycles. The molecule has 0 amide bonds. The molecule has 47 heavy (non-hydrogen) atoms. The normalized spacial score (nSPS) is 54.6. The molecular formula is C37H49FO9. The number of benzene rings is 1. The molecule has 2 spiro atoms. The van der Waals surface area contributed by atoms with Crippen molar-refractivity contribution < 1.29 is 47.7 Å². The number of rotatable bonds is 4. The van der Waals surface area contributed by atoms with Gasteiger partial charge in [-0.05, 0) is 100 Å². The fourth-order valence-electron chi connectivity index (χ4n) is 11.7. The minimum Gasteiger partial charge on any atom is -0.432 e.